The smallest absolute Gasteiger partial charge is 0.338 e. The molecule has 0 radical (unpaired) electrons. The minimum atomic E-state index is -0.620. The van der Waals surface area contributed by atoms with Crippen LogP contribution >= 0.6 is 0 Å². The molecule has 2 aromatic carbocycles. The van der Waals surface area contributed by atoms with Gasteiger partial charge in [-0.25, -0.2) is 9.78 Å². The molecule has 0 atom stereocenters. The van der Waals surface area contributed by atoms with E-state index in [2.05, 4.69) is 20.5 Å². The summed E-state index contributed by atoms with van der Waals surface area (Å²) in [5, 5.41) is 10.9. The number of ether oxygens (including phenoxy) is 1. The van der Waals surface area contributed by atoms with Crippen LogP contribution in [0.3, 0.4) is 0 Å². The van der Waals surface area contributed by atoms with Gasteiger partial charge in [-0.15, -0.1) is 10.2 Å². The van der Waals surface area contributed by atoms with Crippen LogP contribution in [-0.2, 0) is 4.74 Å². The van der Waals surface area contributed by atoms with Gasteiger partial charge < -0.3 is 14.5 Å². The Morgan fingerprint density at radius 3 is 2.26 bits per heavy atom. The number of aromatic nitrogens is 3. The highest BCUT2D eigenvalue weighted by Crippen LogP contribution is 2.25. The maximum atomic E-state index is 12.7. The van der Waals surface area contributed by atoms with Gasteiger partial charge in [-0.05, 0) is 76.2 Å². The first-order valence-corrected chi connectivity index (χ1v) is 10.7. The van der Waals surface area contributed by atoms with Crippen molar-refractivity contribution in [2.45, 2.75) is 33.3 Å². The van der Waals surface area contributed by atoms with Crippen LogP contribution in [0, 0.1) is 6.92 Å². The molecule has 172 valence electrons. The summed E-state index contributed by atoms with van der Waals surface area (Å²) in [6, 6.07) is 17.6. The molecule has 2 aromatic heterocycles. The van der Waals surface area contributed by atoms with Crippen LogP contribution < -0.4 is 5.32 Å². The van der Waals surface area contributed by atoms with Crippen molar-refractivity contribution in [2.24, 2.45) is 0 Å². The number of rotatable bonds is 5. The molecule has 8 nitrogen and oxygen atoms in total. The predicted octanol–water partition coefficient (Wildman–Crippen LogP) is 5.31. The molecule has 8 heteroatoms. The van der Waals surface area contributed by atoms with E-state index in [1.165, 1.54) is 18.3 Å². The van der Waals surface area contributed by atoms with Crippen LogP contribution in [0.15, 0.2) is 71.3 Å². The molecule has 1 amide bonds. The minimum absolute atomic E-state index is 0.247. The lowest BCUT2D eigenvalue weighted by atomic mass is 10.1. The molecule has 0 saturated carbocycles. The number of nitrogens with zero attached hydrogens (tertiary/aromatic N) is 3. The van der Waals surface area contributed by atoms with Crippen LogP contribution in [0.1, 0.15) is 47.1 Å². The van der Waals surface area contributed by atoms with Gasteiger partial charge in [0.05, 0.1) is 5.56 Å². The van der Waals surface area contributed by atoms with E-state index in [9.17, 15) is 9.59 Å². The van der Waals surface area contributed by atoms with Crippen LogP contribution in [0.2, 0.25) is 0 Å². The topological polar surface area (TPSA) is 107 Å². The number of nitrogens with one attached hydrogen (secondary N) is 1. The Kier molecular flexibility index (Phi) is 6.23. The largest absolute Gasteiger partial charge is 0.456 e. The maximum absolute atomic E-state index is 12.7. The van der Waals surface area contributed by atoms with Crippen molar-refractivity contribution in [1.82, 2.24) is 15.2 Å². The zero-order valence-corrected chi connectivity index (χ0v) is 19.3. The average Bonchev–Trinajstić information content (AvgIpc) is 3.29. The summed E-state index contributed by atoms with van der Waals surface area (Å²) in [7, 11) is 0. The van der Waals surface area contributed by atoms with E-state index in [4.69, 9.17) is 9.15 Å². The molecule has 0 spiro atoms. The van der Waals surface area contributed by atoms with Gasteiger partial charge in [0.1, 0.15) is 11.4 Å². The van der Waals surface area contributed by atoms with Crippen molar-refractivity contribution < 1.29 is 18.7 Å². The third kappa shape index (κ3) is 5.53. The van der Waals surface area contributed by atoms with E-state index in [-0.39, 0.29) is 11.7 Å². The fourth-order valence-electron chi connectivity index (χ4n) is 3.15. The van der Waals surface area contributed by atoms with E-state index < -0.39 is 11.6 Å². The third-order valence-electron chi connectivity index (χ3n) is 4.72. The lowest BCUT2D eigenvalue weighted by molar-refractivity contribution is 0.00692. The summed E-state index contributed by atoms with van der Waals surface area (Å²) in [6.07, 6.45) is 1.44. The number of hydrogen-bond donors (Lipinski definition) is 1. The highest BCUT2D eigenvalue weighted by atomic mass is 16.6. The second kappa shape index (κ2) is 9.27. The predicted molar refractivity (Wildman–Crippen MR) is 127 cm³/mol. The number of amides is 1. The van der Waals surface area contributed by atoms with E-state index in [1.54, 1.807) is 45.0 Å². The molecule has 0 bridgehead atoms. The molecular weight excluding hydrogens is 432 g/mol. The van der Waals surface area contributed by atoms with Crippen molar-refractivity contribution in [2.75, 3.05) is 5.32 Å². The lowest BCUT2D eigenvalue weighted by Crippen LogP contribution is -2.24. The van der Waals surface area contributed by atoms with Crippen LogP contribution in [0.4, 0.5) is 5.82 Å². The number of benzene rings is 2. The summed E-state index contributed by atoms with van der Waals surface area (Å²) in [6.45, 7) is 7.36. The standard InChI is InChI=1S/C26H24N4O4/c1-16-6-5-7-19(14-16)24-30-29-23(33-24)18-10-8-17(9-11-18)22(31)28-21-15-20(12-13-27-21)25(32)34-26(2,3)4/h5-15H,1-4H3,(H,27,28,31). The third-order valence-corrected chi connectivity index (χ3v) is 4.72. The van der Waals surface area contributed by atoms with Crippen LogP contribution in [-0.4, -0.2) is 32.7 Å². The monoisotopic (exact) mass is 456 g/mol. The van der Waals surface area contributed by atoms with Gasteiger partial charge in [-0.2, -0.15) is 0 Å². The summed E-state index contributed by atoms with van der Waals surface area (Å²) in [5.74, 6) is 0.175. The van der Waals surface area contributed by atoms with Crippen molar-refractivity contribution >= 4 is 17.7 Å². The van der Waals surface area contributed by atoms with Crippen molar-refractivity contribution in [3.8, 4) is 22.9 Å². The fourth-order valence-corrected chi connectivity index (χ4v) is 3.15. The molecule has 0 aliphatic rings. The second-order valence-corrected chi connectivity index (χ2v) is 8.74. The number of hydrogen-bond acceptors (Lipinski definition) is 7. The van der Waals surface area contributed by atoms with E-state index in [0.29, 0.717) is 28.5 Å². The van der Waals surface area contributed by atoms with E-state index in [0.717, 1.165) is 11.1 Å². The van der Waals surface area contributed by atoms with Crippen molar-refractivity contribution in [3.63, 3.8) is 0 Å². The number of carbonyl (C=O) groups excluding carboxylic acids is 2. The molecule has 0 saturated heterocycles. The Bertz CT molecular complexity index is 1340. The highest BCUT2D eigenvalue weighted by molar-refractivity contribution is 6.04. The van der Waals surface area contributed by atoms with Gasteiger partial charge in [0.15, 0.2) is 0 Å². The van der Waals surface area contributed by atoms with Crippen LogP contribution in [0.5, 0.6) is 0 Å². The molecule has 0 aliphatic heterocycles. The number of carbonyl (C=O) groups is 2. The number of pyridine rings is 1. The van der Waals surface area contributed by atoms with Gasteiger partial charge in [0.2, 0.25) is 11.8 Å². The molecular formula is C26H24N4O4. The average molecular weight is 457 g/mol. The first-order valence-electron chi connectivity index (χ1n) is 10.7. The van der Waals surface area contributed by atoms with Gasteiger partial charge >= 0.3 is 5.97 Å². The fraction of sp³-hybridized carbons (Fsp3) is 0.192. The molecule has 1 N–H and O–H groups in total. The Labute approximate surface area is 197 Å². The first kappa shape index (κ1) is 22.8. The second-order valence-electron chi connectivity index (χ2n) is 8.74. The zero-order valence-electron chi connectivity index (χ0n) is 19.3. The van der Waals surface area contributed by atoms with Gasteiger partial charge in [-0.3, -0.25) is 4.79 Å². The SMILES string of the molecule is Cc1cccc(-c2nnc(-c3ccc(C(=O)Nc4cc(C(=O)OC(C)(C)C)ccn4)cc3)o2)c1. The minimum Gasteiger partial charge on any atom is -0.456 e. The molecule has 4 rings (SSSR count). The molecule has 34 heavy (non-hydrogen) atoms. The Hall–Kier alpha value is -4.33. The van der Waals surface area contributed by atoms with E-state index >= 15 is 0 Å². The Balaban J connectivity index is 1.45. The number of esters is 1. The molecule has 0 unspecified atom stereocenters. The van der Waals surface area contributed by atoms with Gasteiger partial charge in [0, 0.05) is 22.9 Å². The zero-order chi connectivity index (χ0) is 24.3. The lowest BCUT2D eigenvalue weighted by Gasteiger charge is -2.19. The quantitative estimate of drug-likeness (QED) is 0.405. The normalized spacial score (nSPS) is 11.2. The Morgan fingerprint density at radius 1 is 0.882 bits per heavy atom. The van der Waals surface area contributed by atoms with Crippen LogP contribution in [0.25, 0.3) is 22.9 Å². The number of aryl methyl sites for hydroxylation is 1. The van der Waals surface area contributed by atoms with Gasteiger partial charge in [0.25, 0.3) is 5.91 Å². The summed E-state index contributed by atoms with van der Waals surface area (Å²) in [5.41, 5.74) is 2.72. The molecule has 2 heterocycles. The van der Waals surface area contributed by atoms with Crippen molar-refractivity contribution in [3.05, 3.63) is 83.6 Å². The molecule has 4 aromatic rings. The molecule has 0 fully saturated rings. The summed E-state index contributed by atoms with van der Waals surface area (Å²) in [4.78, 5) is 29.1. The molecule has 0 aliphatic carbocycles. The first-order chi connectivity index (χ1) is 16.2. The maximum Gasteiger partial charge on any atom is 0.338 e. The highest BCUT2D eigenvalue weighted by Gasteiger charge is 2.19. The van der Waals surface area contributed by atoms with E-state index in [1.807, 2.05) is 31.2 Å². The summed E-state index contributed by atoms with van der Waals surface area (Å²) >= 11 is 0. The Morgan fingerprint density at radius 2 is 1.59 bits per heavy atom. The van der Waals surface area contributed by atoms with Gasteiger partial charge in [-0.1, -0.05) is 17.7 Å². The summed E-state index contributed by atoms with van der Waals surface area (Å²) < 4.78 is 11.2. The van der Waals surface area contributed by atoms with Crippen molar-refractivity contribution in [1.29, 1.82) is 0 Å². The number of anilines is 1.